The molecule has 2 aliphatic heterocycles. The zero-order valence-corrected chi connectivity index (χ0v) is 27.7. The number of hydrogen-bond acceptors (Lipinski definition) is 14. The molecule has 0 spiro atoms. The van der Waals surface area contributed by atoms with E-state index < -0.39 is 94.2 Å². The quantitative estimate of drug-likeness (QED) is 0.0649. The van der Waals surface area contributed by atoms with Gasteiger partial charge >= 0.3 is 17.9 Å². The van der Waals surface area contributed by atoms with Crippen LogP contribution in [-0.4, -0.2) is 98.1 Å². The standard InChI is InChI=1S/C32H29N3O15S/c1-13-23(26(41)18-8-19(37)20(38)9-21(18)50-13)27(42)33-24(15-4-6-17(7-5-15)49-11-22(39)40)28(43)34-32(47-3)30(46)35-25(29(44)45)16(10-48-14(2)36)12-51-31(32)35/h4-9,24,31,37-38H,10-12H2,1-3H3,(H,33,42)(H,34,43)(H,39,40)(H,44,45)/t24?,31-,32+/m1/s1. The van der Waals surface area contributed by atoms with Gasteiger partial charge in [0.05, 0.1) is 5.39 Å². The molecule has 3 amide bonds. The van der Waals surface area contributed by atoms with E-state index >= 15 is 0 Å². The van der Waals surface area contributed by atoms with E-state index in [-0.39, 0.29) is 39.4 Å². The fraction of sp³-hybridized carbons (Fsp3) is 0.281. The fourth-order valence-electron chi connectivity index (χ4n) is 5.50. The summed E-state index contributed by atoms with van der Waals surface area (Å²) in [5.41, 5.74) is -4.00. The van der Waals surface area contributed by atoms with Gasteiger partial charge in [-0.15, -0.1) is 11.8 Å². The molecule has 5 rings (SSSR count). The number of benzene rings is 2. The molecule has 19 heteroatoms. The van der Waals surface area contributed by atoms with Crippen molar-refractivity contribution < 1.29 is 67.8 Å². The summed E-state index contributed by atoms with van der Waals surface area (Å²) in [5, 5.41) is 42.2. The number of carboxylic acids is 2. The molecule has 51 heavy (non-hydrogen) atoms. The summed E-state index contributed by atoms with van der Waals surface area (Å²) in [7, 11) is 1.10. The van der Waals surface area contributed by atoms with Crippen molar-refractivity contribution in [3.63, 3.8) is 0 Å². The summed E-state index contributed by atoms with van der Waals surface area (Å²) in [6, 6.07) is 5.46. The lowest BCUT2D eigenvalue weighted by Crippen LogP contribution is -2.81. The zero-order valence-electron chi connectivity index (χ0n) is 26.9. The number of carboxylic acid groups (broad SMARTS) is 2. The highest BCUT2D eigenvalue weighted by atomic mass is 32.2. The van der Waals surface area contributed by atoms with Gasteiger partial charge in [0.2, 0.25) is 11.3 Å². The summed E-state index contributed by atoms with van der Waals surface area (Å²) >= 11 is 1.02. The second kappa shape index (κ2) is 14.0. The second-order valence-corrected chi connectivity index (χ2v) is 12.2. The van der Waals surface area contributed by atoms with Gasteiger partial charge in [-0.2, -0.15) is 0 Å². The Hall–Kier alpha value is -6.08. The SMILES string of the molecule is CO[C@@]1(NC(=O)C(NC(=O)c2c(C)oc3cc(O)c(O)cc3c2=O)c2ccc(OCC(=O)O)cc2)C(=O)N2C(C(=O)O)=C(COC(C)=O)CS[C@@H]21. The van der Waals surface area contributed by atoms with Gasteiger partial charge in [-0.05, 0) is 30.7 Å². The third-order valence-electron chi connectivity index (χ3n) is 7.90. The Morgan fingerprint density at radius 2 is 1.75 bits per heavy atom. The number of β-lactam (4-membered cyclic amide) rings is 1. The van der Waals surface area contributed by atoms with Crippen LogP contribution in [0.1, 0.15) is 34.6 Å². The molecule has 0 bridgehead atoms. The van der Waals surface area contributed by atoms with Crippen LogP contribution in [0.5, 0.6) is 17.2 Å². The Morgan fingerprint density at radius 3 is 2.35 bits per heavy atom. The van der Waals surface area contributed by atoms with Crippen molar-refractivity contribution in [2.24, 2.45) is 0 Å². The highest BCUT2D eigenvalue weighted by Gasteiger charge is 2.67. The van der Waals surface area contributed by atoms with Gasteiger partial charge in [0, 0.05) is 31.4 Å². The molecule has 2 aliphatic rings. The minimum absolute atomic E-state index is 0.0212. The number of methoxy groups -OCH3 is 1. The molecular weight excluding hydrogens is 698 g/mol. The van der Waals surface area contributed by atoms with E-state index in [0.717, 1.165) is 42.8 Å². The Morgan fingerprint density at radius 1 is 1.08 bits per heavy atom. The third kappa shape index (κ3) is 6.75. The van der Waals surface area contributed by atoms with E-state index in [1.165, 1.54) is 31.2 Å². The van der Waals surface area contributed by atoms with Crippen molar-refractivity contribution in [3.05, 3.63) is 74.8 Å². The number of esters is 1. The molecule has 0 aliphatic carbocycles. The molecule has 3 heterocycles. The van der Waals surface area contributed by atoms with E-state index in [2.05, 4.69) is 10.6 Å². The molecule has 1 aromatic heterocycles. The van der Waals surface area contributed by atoms with Gasteiger partial charge in [0.1, 0.15) is 46.4 Å². The number of ether oxygens (including phenoxy) is 3. The lowest BCUT2D eigenvalue weighted by molar-refractivity contribution is -0.193. The first kappa shape index (κ1) is 36.2. The van der Waals surface area contributed by atoms with Gasteiger partial charge < -0.3 is 49.7 Å². The lowest BCUT2D eigenvalue weighted by atomic mass is 9.96. The van der Waals surface area contributed by atoms with Crippen molar-refractivity contribution in [1.82, 2.24) is 15.5 Å². The summed E-state index contributed by atoms with van der Waals surface area (Å²) in [5.74, 6) is -7.92. The Kier molecular flexibility index (Phi) is 9.97. The molecule has 0 radical (unpaired) electrons. The number of phenolic OH excluding ortho intramolecular Hbond substituents is 2. The third-order valence-corrected chi connectivity index (χ3v) is 9.27. The molecule has 1 fully saturated rings. The molecular formula is C32H29N3O15S. The van der Waals surface area contributed by atoms with E-state index in [1.807, 2.05) is 0 Å². The van der Waals surface area contributed by atoms with Crippen molar-refractivity contribution in [1.29, 1.82) is 0 Å². The molecule has 1 unspecified atom stereocenters. The molecule has 3 aromatic rings. The largest absolute Gasteiger partial charge is 0.504 e. The number of thioether (sulfide) groups is 1. The van der Waals surface area contributed by atoms with Crippen LogP contribution < -0.4 is 20.8 Å². The first-order chi connectivity index (χ1) is 24.1. The number of carbonyl (C=O) groups is 6. The number of phenols is 2. The van der Waals surface area contributed by atoms with Gasteiger partial charge in [0.25, 0.3) is 17.5 Å². The van der Waals surface area contributed by atoms with Crippen molar-refractivity contribution >= 4 is 58.4 Å². The maximum atomic E-state index is 14.1. The van der Waals surface area contributed by atoms with Crippen LogP contribution in [0.4, 0.5) is 0 Å². The maximum Gasteiger partial charge on any atom is 0.352 e. The van der Waals surface area contributed by atoms with Crippen molar-refractivity contribution in [3.8, 4) is 17.2 Å². The Balaban J connectivity index is 1.50. The second-order valence-electron chi connectivity index (χ2n) is 11.2. The monoisotopic (exact) mass is 727 g/mol. The van der Waals surface area contributed by atoms with E-state index in [1.54, 1.807) is 0 Å². The number of rotatable bonds is 12. The van der Waals surface area contributed by atoms with E-state index in [0.29, 0.717) is 0 Å². The number of fused-ring (bicyclic) bond motifs is 2. The minimum atomic E-state index is -2.14. The number of nitrogens with one attached hydrogen (secondary N) is 2. The number of aryl methyl sites for hydroxylation is 1. The highest BCUT2D eigenvalue weighted by molar-refractivity contribution is 8.00. The van der Waals surface area contributed by atoms with Crippen LogP contribution >= 0.6 is 11.8 Å². The molecule has 18 nitrogen and oxygen atoms in total. The number of carbonyl (C=O) groups excluding carboxylic acids is 4. The topological polar surface area (TPSA) is 269 Å². The fourth-order valence-corrected chi connectivity index (χ4v) is 6.92. The highest BCUT2D eigenvalue weighted by Crippen LogP contribution is 2.47. The molecule has 3 atom stereocenters. The average Bonchev–Trinajstić information content (AvgIpc) is 3.08. The summed E-state index contributed by atoms with van der Waals surface area (Å²) in [6.45, 7) is 1.36. The predicted molar refractivity (Wildman–Crippen MR) is 173 cm³/mol. The van der Waals surface area contributed by atoms with Crippen LogP contribution in [0.2, 0.25) is 0 Å². The van der Waals surface area contributed by atoms with Crippen LogP contribution in [0, 0.1) is 6.92 Å². The normalized spacial score (nSPS) is 18.7. The van der Waals surface area contributed by atoms with Crippen LogP contribution in [-0.2, 0) is 33.4 Å². The van der Waals surface area contributed by atoms with Gasteiger partial charge in [-0.1, -0.05) is 12.1 Å². The summed E-state index contributed by atoms with van der Waals surface area (Å²) in [4.78, 5) is 90.3. The van der Waals surface area contributed by atoms with Crippen LogP contribution in [0.15, 0.2) is 56.9 Å². The van der Waals surface area contributed by atoms with Gasteiger partial charge in [0.15, 0.2) is 18.1 Å². The van der Waals surface area contributed by atoms with Crippen molar-refractivity contribution in [2.75, 3.05) is 26.1 Å². The van der Waals surface area contributed by atoms with Crippen molar-refractivity contribution in [2.45, 2.75) is 31.0 Å². The molecule has 0 saturated carbocycles. The summed E-state index contributed by atoms with van der Waals surface area (Å²) < 4.78 is 21.1. The van der Waals surface area contributed by atoms with Gasteiger partial charge in [-0.3, -0.25) is 28.9 Å². The first-order valence-corrected chi connectivity index (χ1v) is 15.8. The predicted octanol–water partition coefficient (Wildman–Crippen LogP) is 0.723. The Labute approximate surface area is 290 Å². The average molecular weight is 728 g/mol. The molecule has 268 valence electrons. The zero-order chi connectivity index (χ0) is 37.4. The first-order valence-electron chi connectivity index (χ1n) is 14.8. The lowest BCUT2D eigenvalue weighted by Gasteiger charge is -2.56. The number of aromatic hydroxyl groups is 2. The number of hydrogen-bond donors (Lipinski definition) is 6. The van der Waals surface area contributed by atoms with Crippen LogP contribution in [0.3, 0.4) is 0 Å². The number of nitrogens with zero attached hydrogens (tertiary/aromatic N) is 1. The maximum absolute atomic E-state index is 14.1. The minimum Gasteiger partial charge on any atom is -0.504 e. The Bertz CT molecular complexity index is 2080. The molecule has 1 saturated heterocycles. The van der Waals surface area contributed by atoms with E-state index in [9.17, 15) is 48.9 Å². The summed E-state index contributed by atoms with van der Waals surface area (Å²) in [6.07, 6.45) is 0. The molecule has 6 N–H and O–H groups in total. The van der Waals surface area contributed by atoms with Crippen LogP contribution in [0.25, 0.3) is 11.0 Å². The van der Waals surface area contributed by atoms with Gasteiger partial charge in [-0.25, -0.2) is 9.59 Å². The number of aliphatic carboxylic acids is 2. The van der Waals surface area contributed by atoms with E-state index in [4.69, 9.17) is 23.7 Å². The smallest absolute Gasteiger partial charge is 0.352 e. The molecule has 2 aromatic carbocycles. The number of amides is 3.